The van der Waals surface area contributed by atoms with Crippen LogP contribution in [0.15, 0.2) is 89.5 Å². The maximum Gasteiger partial charge on any atom is 0.343 e. The van der Waals surface area contributed by atoms with Gasteiger partial charge in [0.15, 0.2) is 17.9 Å². The molecule has 4 aromatic rings. The van der Waals surface area contributed by atoms with E-state index in [1.165, 1.54) is 18.2 Å². The number of furan rings is 1. The van der Waals surface area contributed by atoms with Crippen LogP contribution < -0.4 is 4.74 Å². The van der Waals surface area contributed by atoms with E-state index in [-0.39, 0.29) is 6.61 Å². The minimum absolute atomic E-state index is 0.137. The SMILES string of the molecule is COC(=O)COc1cccc2c(CCSCC(c3ccccc3)c3ccccc3)coc12. The van der Waals surface area contributed by atoms with E-state index in [0.717, 1.165) is 28.9 Å². The molecular formula is C27H26O4S. The zero-order chi connectivity index (χ0) is 22.2. The van der Waals surface area contributed by atoms with Gasteiger partial charge < -0.3 is 13.9 Å². The molecule has 1 heterocycles. The van der Waals surface area contributed by atoms with Crippen molar-refractivity contribution in [2.75, 3.05) is 25.2 Å². The van der Waals surface area contributed by atoms with E-state index < -0.39 is 5.97 Å². The molecule has 4 nitrogen and oxygen atoms in total. The molecule has 0 saturated carbocycles. The fraction of sp³-hybridized carbons (Fsp3) is 0.222. The summed E-state index contributed by atoms with van der Waals surface area (Å²) >= 11 is 1.95. The highest BCUT2D eigenvalue weighted by Gasteiger charge is 2.15. The Morgan fingerprint density at radius 1 is 0.938 bits per heavy atom. The number of esters is 1. The average molecular weight is 447 g/mol. The summed E-state index contributed by atoms with van der Waals surface area (Å²) in [6, 6.07) is 27.1. The Hall–Kier alpha value is -3.18. The Morgan fingerprint density at radius 3 is 2.28 bits per heavy atom. The Labute approximate surface area is 192 Å². The number of rotatable bonds is 10. The summed E-state index contributed by atoms with van der Waals surface area (Å²) in [5.74, 6) is 2.49. The van der Waals surface area contributed by atoms with Gasteiger partial charge in [0.25, 0.3) is 0 Å². The van der Waals surface area contributed by atoms with E-state index in [2.05, 4.69) is 65.4 Å². The van der Waals surface area contributed by atoms with Crippen LogP contribution in [-0.4, -0.2) is 31.2 Å². The predicted octanol–water partition coefficient (Wildman–Crippen LogP) is 6.09. The zero-order valence-electron chi connectivity index (χ0n) is 18.0. The molecule has 3 aromatic carbocycles. The number of fused-ring (bicyclic) bond motifs is 1. The third-order valence-electron chi connectivity index (χ3n) is 5.42. The maximum atomic E-state index is 11.4. The molecule has 5 heteroatoms. The van der Waals surface area contributed by atoms with Crippen molar-refractivity contribution in [3.8, 4) is 5.75 Å². The van der Waals surface area contributed by atoms with Crippen LogP contribution in [0.2, 0.25) is 0 Å². The van der Waals surface area contributed by atoms with Gasteiger partial charge in [0.2, 0.25) is 0 Å². The predicted molar refractivity (Wildman–Crippen MR) is 129 cm³/mol. The lowest BCUT2D eigenvalue weighted by Gasteiger charge is -2.17. The van der Waals surface area contributed by atoms with Gasteiger partial charge in [0.05, 0.1) is 13.4 Å². The lowest BCUT2D eigenvalue weighted by atomic mass is 9.93. The average Bonchev–Trinajstić information content (AvgIpc) is 3.27. The first-order chi connectivity index (χ1) is 15.8. The Kier molecular flexibility index (Phi) is 7.51. The van der Waals surface area contributed by atoms with Gasteiger partial charge >= 0.3 is 5.97 Å². The lowest BCUT2D eigenvalue weighted by molar-refractivity contribution is -0.142. The van der Waals surface area contributed by atoms with Crippen LogP contribution in [0.5, 0.6) is 5.75 Å². The van der Waals surface area contributed by atoms with Crippen LogP contribution in [0.1, 0.15) is 22.6 Å². The smallest absolute Gasteiger partial charge is 0.343 e. The van der Waals surface area contributed by atoms with Crippen LogP contribution in [0.4, 0.5) is 0 Å². The number of para-hydroxylation sites is 1. The number of carbonyl (C=O) groups excluding carboxylic acids is 1. The highest BCUT2D eigenvalue weighted by Crippen LogP contribution is 2.32. The number of thioether (sulfide) groups is 1. The summed E-state index contributed by atoms with van der Waals surface area (Å²) in [7, 11) is 1.34. The molecular weight excluding hydrogens is 420 g/mol. The third kappa shape index (κ3) is 5.35. The van der Waals surface area contributed by atoms with Gasteiger partial charge in [0, 0.05) is 17.1 Å². The Morgan fingerprint density at radius 2 is 1.62 bits per heavy atom. The third-order valence-corrected chi connectivity index (χ3v) is 6.48. The number of methoxy groups -OCH3 is 1. The molecule has 0 amide bonds. The van der Waals surface area contributed by atoms with Crippen molar-refractivity contribution in [2.24, 2.45) is 0 Å². The molecule has 0 aliphatic heterocycles. The summed E-state index contributed by atoms with van der Waals surface area (Å²) in [4.78, 5) is 11.4. The van der Waals surface area contributed by atoms with E-state index in [1.54, 1.807) is 12.3 Å². The lowest BCUT2D eigenvalue weighted by Crippen LogP contribution is -2.12. The summed E-state index contributed by atoms with van der Waals surface area (Å²) in [6.45, 7) is -0.137. The topological polar surface area (TPSA) is 48.7 Å². The normalized spacial score (nSPS) is 11.1. The van der Waals surface area contributed by atoms with Gasteiger partial charge in [-0.1, -0.05) is 72.8 Å². The molecule has 0 unspecified atom stereocenters. The number of ether oxygens (including phenoxy) is 2. The summed E-state index contributed by atoms with van der Waals surface area (Å²) in [6.07, 6.45) is 2.69. The largest absolute Gasteiger partial charge is 0.478 e. The minimum atomic E-state index is -0.420. The van der Waals surface area contributed by atoms with Crippen LogP contribution >= 0.6 is 11.8 Å². The molecule has 0 spiro atoms. The molecule has 0 bridgehead atoms. The molecule has 1 aromatic heterocycles. The van der Waals surface area contributed by atoms with E-state index in [4.69, 9.17) is 9.15 Å². The van der Waals surface area contributed by atoms with Crippen LogP contribution in [-0.2, 0) is 16.0 Å². The molecule has 0 N–H and O–H groups in total. The van der Waals surface area contributed by atoms with Crippen molar-refractivity contribution in [3.05, 3.63) is 102 Å². The first-order valence-electron chi connectivity index (χ1n) is 10.6. The fourth-order valence-corrected chi connectivity index (χ4v) is 4.88. The first-order valence-corrected chi connectivity index (χ1v) is 11.8. The number of hydrogen-bond acceptors (Lipinski definition) is 5. The fourth-order valence-electron chi connectivity index (χ4n) is 3.73. The molecule has 0 radical (unpaired) electrons. The van der Waals surface area contributed by atoms with E-state index >= 15 is 0 Å². The highest BCUT2D eigenvalue weighted by atomic mass is 32.2. The number of carbonyl (C=O) groups is 1. The summed E-state index contributed by atoms with van der Waals surface area (Å²) in [5.41, 5.74) is 4.49. The number of hydrogen-bond donors (Lipinski definition) is 0. The van der Waals surface area contributed by atoms with Gasteiger partial charge in [-0.05, 0) is 34.9 Å². The molecule has 0 atom stereocenters. The van der Waals surface area contributed by atoms with E-state index in [1.807, 2.05) is 23.9 Å². The monoisotopic (exact) mass is 446 g/mol. The molecule has 164 valence electrons. The second-order valence-corrected chi connectivity index (χ2v) is 8.61. The van der Waals surface area contributed by atoms with Gasteiger partial charge in [-0.15, -0.1) is 0 Å². The van der Waals surface area contributed by atoms with Crippen LogP contribution in [0.25, 0.3) is 11.0 Å². The molecule has 0 saturated heterocycles. The molecule has 32 heavy (non-hydrogen) atoms. The van der Waals surface area contributed by atoms with Crippen molar-refractivity contribution in [3.63, 3.8) is 0 Å². The molecule has 4 rings (SSSR count). The van der Waals surface area contributed by atoms with Gasteiger partial charge in [-0.25, -0.2) is 4.79 Å². The van der Waals surface area contributed by atoms with Crippen molar-refractivity contribution in [1.29, 1.82) is 0 Å². The highest BCUT2D eigenvalue weighted by molar-refractivity contribution is 7.99. The minimum Gasteiger partial charge on any atom is -0.478 e. The van der Waals surface area contributed by atoms with Gasteiger partial charge in [0.1, 0.15) is 0 Å². The Bertz CT molecular complexity index is 1100. The summed E-state index contributed by atoms with van der Waals surface area (Å²) < 4.78 is 16.0. The molecule has 0 aliphatic carbocycles. The van der Waals surface area contributed by atoms with E-state index in [0.29, 0.717) is 17.3 Å². The molecule has 0 fully saturated rings. The maximum absolute atomic E-state index is 11.4. The van der Waals surface area contributed by atoms with Crippen LogP contribution in [0.3, 0.4) is 0 Å². The number of benzene rings is 3. The molecule has 0 aliphatic rings. The van der Waals surface area contributed by atoms with Crippen molar-refractivity contribution < 1.29 is 18.7 Å². The second kappa shape index (κ2) is 10.9. The first kappa shape index (κ1) is 22.0. The standard InChI is InChI=1S/C27H26O4S/c1-29-26(28)18-30-25-14-8-13-23-22(17-31-27(23)25)15-16-32-19-24(20-9-4-2-5-10-20)21-11-6-3-7-12-21/h2-14,17,24H,15-16,18-19H2,1H3. The van der Waals surface area contributed by atoms with Gasteiger partial charge in [-0.3, -0.25) is 0 Å². The van der Waals surface area contributed by atoms with Crippen molar-refractivity contribution in [1.82, 2.24) is 0 Å². The van der Waals surface area contributed by atoms with Crippen molar-refractivity contribution in [2.45, 2.75) is 12.3 Å². The number of aryl methyl sites for hydroxylation is 1. The van der Waals surface area contributed by atoms with E-state index in [9.17, 15) is 4.79 Å². The second-order valence-electron chi connectivity index (χ2n) is 7.46. The van der Waals surface area contributed by atoms with Crippen molar-refractivity contribution >= 4 is 28.7 Å². The zero-order valence-corrected chi connectivity index (χ0v) is 18.8. The Balaban J connectivity index is 1.40. The summed E-state index contributed by atoms with van der Waals surface area (Å²) in [5, 5.41) is 1.02. The van der Waals surface area contributed by atoms with Gasteiger partial charge in [-0.2, -0.15) is 11.8 Å². The quantitative estimate of drug-likeness (QED) is 0.218. The van der Waals surface area contributed by atoms with Crippen LogP contribution in [0, 0.1) is 0 Å².